The van der Waals surface area contributed by atoms with Crippen molar-refractivity contribution in [3.8, 4) is 6.07 Å². The first-order valence-corrected chi connectivity index (χ1v) is 5.89. The zero-order valence-electron chi connectivity index (χ0n) is 8.69. The van der Waals surface area contributed by atoms with Crippen molar-refractivity contribution in [3.63, 3.8) is 0 Å². The Bertz CT molecular complexity index is 215. The van der Waals surface area contributed by atoms with Crippen LogP contribution in [0.4, 0.5) is 0 Å². The van der Waals surface area contributed by atoms with Gasteiger partial charge in [0, 0.05) is 13.6 Å². The van der Waals surface area contributed by atoms with Gasteiger partial charge in [-0.2, -0.15) is 17.0 Å². The topological polar surface area (TPSA) is 70.1 Å². The molecule has 0 spiro atoms. The second-order valence-electron chi connectivity index (χ2n) is 3.06. The molecule has 0 rings (SSSR count). The number of carbonyl (C=O) groups is 1. The predicted octanol–water partition coefficient (Wildman–Crippen LogP) is 0.439. The summed E-state index contributed by atoms with van der Waals surface area (Å²) in [6.07, 6.45) is 3.03. The Kier molecular flexibility index (Phi) is 7.25. The Hall–Kier alpha value is -0.730. The van der Waals surface area contributed by atoms with Crippen LogP contribution in [0.5, 0.6) is 0 Å². The van der Waals surface area contributed by atoms with E-state index < -0.39 is 6.04 Å². The minimum absolute atomic E-state index is 0.0747. The fraction of sp³-hybridized carbons (Fsp3) is 0.778. The van der Waals surface area contributed by atoms with Gasteiger partial charge in [-0.25, -0.2) is 0 Å². The minimum Gasteiger partial charge on any atom is -0.343 e. The monoisotopic (exact) mass is 215 g/mol. The molecule has 0 saturated heterocycles. The third-order valence-corrected chi connectivity index (χ3v) is 2.53. The lowest BCUT2D eigenvalue weighted by molar-refractivity contribution is -0.131. The normalized spacial score (nSPS) is 11.9. The molecule has 80 valence electrons. The number of thioether (sulfide) groups is 1. The maximum absolute atomic E-state index is 11.5. The van der Waals surface area contributed by atoms with Crippen molar-refractivity contribution in [2.24, 2.45) is 5.73 Å². The van der Waals surface area contributed by atoms with Gasteiger partial charge in [0.25, 0.3) is 0 Å². The smallest absolute Gasteiger partial charge is 0.239 e. The van der Waals surface area contributed by atoms with Crippen molar-refractivity contribution in [3.05, 3.63) is 0 Å². The molecule has 0 unspecified atom stereocenters. The lowest BCUT2D eigenvalue weighted by Crippen LogP contribution is -2.42. The van der Waals surface area contributed by atoms with Crippen molar-refractivity contribution in [1.82, 2.24) is 4.90 Å². The summed E-state index contributed by atoms with van der Waals surface area (Å²) in [5, 5.41) is 8.35. The number of nitriles is 1. The van der Waals surface area contributed by atoms with E-state index in [1.807, 2.05) is 12.3 Å². The van der Waals surface area contributed by atoms with Crippen LogP contribution in [0, 0.1) is 11.3 Å². The molecule has 0 bridgehead atoms. The Morgan fingerprint density at radius 3 is 2.86 bits per heavy atom. The number of nitrogens with two attached hydrogens (primary N) is 1. The molecule has 0 aliphatic heterocycles. The van der Waals surface area contributed by atoms with Gasteiger partial charge in [0.1, 0.15) is 0 Å². The van der Waals surface area contributed by atoms with E-state index in [-0.39, 0.29) is 5.91 Å². The van der Waals surface area contributed by atoms with Gasteiger partial charge in [0.15, 0.2) is 0 Å². The molecule has 0 fully saturated rings. The van der Waals surface area contributed by atoms with Gasteiger partial charge < -0.3 is 10.6 Å². The van der Waals surface area contributed by atoms with Gasteiger partial charge in [0.2, 0.25) is 5.91 Å². The van der Waals surface area contributed by atoms with Gasteiger partial charge in [0.05, 0.1) is 18.5 Å². The van der Waals surface area contributed by atoms with Crippen molar-refractivity contribution in [1.29, 1.82) is 5.26 Å². The summed E-state index contributed by atoms with van der Waals surface area (Å²) in [5.74, 6) is 0.813. The van der Waals surface area contributed by atoms with E-state index in [1.54, 1.807) is 18.8 Å². The zero-order valence-corrected chi connectivity index (χ0v) is 9.51. The third kappa shape index (κ3) is 5.10. The first-order valence-electron chi connectivity index (χ1n) is 4.50. The summed E-state index contributed by atoms with van der Waals surface area (Å²) in [7, 11) is 1.68. The summed E-state index contributed by atoms with van der Waals surface area (Å²) in [6.45, 7) is 0.461. The highest BCUT2D eigenvalue weighted by atomic mass is 32.2. The highest BCUT2D eigenvalue weighted by Gasteiger charge is 2.16. The van der Waals surface area contributed by atoms with Gasteiger partial charge in [-0.15, -0.1) is 0 Å². The molecule has 1 atom stereocenters. The fourth-order valence-electron chi connectivity index (χ4n) is 0.979. The molecule has 0 aromatic rings. The minimum atomic E-state index is -0.425. The molecule has 0 saturated carbocycles. The van der Waals surface area contributed by atoms with Crippen LogP contribution < -0.4 is 5.73 Å². The highest BCUT2D eigenvalue weighted by molar-refractivity contribution is 7.98. The van der Waals surface area contributed by atoms with Crippen LogP contribution in [0.1, 0.15) is 12.8 Å². The zero-order chi connectivity index (χ0) is 11.0. The van der Waals surface area contributed by atoms with Crippen LogP contribution in [0.25, 0.3) is 0 Å². The predicted molar refractivity (Wildman–Crippen MR) is 58.8 cm³/mol. The molecule has 4 nitrogen and oxygen atoms in total. The molecule has 14 heavy (non-hydrogen) atoms. The van der Waals surface area contributed by atoms with Crippen LogP contribution in [0.2, 0.25) is 0 Å². The van der Waals surface area contributed by atoms with Crippen molar-refractivity contribution < 1.29 is 4.79 Å². The maximum atomic E-state index is 11.5. The lowest BCUT2D eigenvalue weighted by Gasteiger charge is -2.19. The van der Waals surface area contributed by atoms with Crippen molar-refractivity contribution >= 4 is 17.7 Å². The van der Waals surface area contributed by atoms with E-state index >= 15 is 0 Å². The number of hydrogen-bond donors (Lipinski definition) is 1. The van der Waals surface area contributed by atoms with E-state index in [1.165, 1.54) is 4.90 Å². The largest absolute Gasteiger partial charge is 0.343 e. The molecule has 0 aromatic carbocycles. The van der Waals surface area contributed by atoms with Crippen LogP contribution >= 0.6 is 11.8 Å². The van der Waals surface area contributed by atoms with E-state index in [0.717, 1.165) is 5.75 Å². The molecular weight excluding hydrogens is 198 g/mol. The number of likely N-dealkylation sites (N-methyl/N-ethyl adjacent to an activating group) is 1. The van der Waals surface area contributed by atoms with E-state index in [0.29, 0.717) is 19.4 Å². The molecule has 0 aliphatic rings. The Morgan fingerprint density at radius 2 is 2.36 bits per heavy atom. The SMILES string of the molecule is CSCC[C@@H](N)C(=O)N(C)CCC#N. The van der Waals surface area contributed by atoms with Crippen LogP contribution in [0.3, 0.4) is 0 Å². The summed E-state index contributed by atoms with van der Waals surface area (Å²) < 4.78 is 0. The lowest BCUT2D eigenvalue weighted by atomic mass is 10.2. The van der Waals surface area contributed by atoms with E-state index in [2.05, 4.69) is 0 Å². The molecule has 5 heteroatoms. The van der Waals surface area contributed by atoms with E-state index in [4.69, 9.17) is 11.0 Å². The standard InChI is InChI=1S/C9H17N3OS/c1-12(6-3-5-10)9(13)8(11)4-7-14-2/h8H,3-4,6-7,11H2,1-2H3/t8-/m1/s1. The quantitative estimate of drug-likeness (QED) is 0.698. The van der Waals surface area contributed by atoms with Crippen LogP contribution in [-0.4, -0.2) is 42.4 Å². The van der Waals surface area contributed by atoms with Gasteiger partial charge in [-0.3, -0.25) is 4.79 Å². The molecule has 2 N–H and O–H groups in total. The first-order chi connectivity index (χ1) is 6.63. The maximum Gasteiger partial charge on any atom is 0.239 e. The van der Waals surface area contributed by atoms with Crippen molar-refractivity contribution in [2.45, 2.75) is 18.9 Å². The Balaban J connectivity index is 3.85. The number of hydrogen-bond acceptors (Lipinski definition) is 4. The molecule has 0 aliphatic carbocycles. The second-order valence-corrected chi connectivity index (χ2v) is 4.04. The number of amides is 1. The number of carbonyl (C=O) groups excluding carboxylic acids is 1. The molecule has 0 heterocycles. The van der Waals surface area contributed by atoms with Gasteiger partial charge >= 0.3 is 0 Å². The fourth-order valence-corrected chi connectivity index (χ4v) is 1.47. The number of rotatable bonds is 6. The van der Waals surface area contributed by atoms with Crippen LogP contribution in [0.15, 0.2) is 0 Å². The second kappa shape index (κ2) is 7.65. The molecule has 1 amide bonds. The first kappa shape index (κ1) is 13.3. The third-order valence-electron chi connectivity index (χ3n) is 1.89. The number of nitrogens with zero attached hydrogens (tertiary/aromatic N) is 2. The average Bonchev–Trinajstić information content (AvgIpc) is 2.21. The average molecular weight is 215 g/mol. The Labute approximate surface area is 89.4 Å². The summed E-state index contributed by atoms with van der Waals surface area (Å²) in [6, 6.07) is 1.57. The van der Waals surface area contributed by atoms with Gasteiger partial charge in [-0.05, 0) is 18.4 Å². The van der Waals surface area contributed by atoms with Crippen molar-refractivity contribution in [2.75, 3.05) is 25.6 Å². The van der Waals surface area contributed by atoms with Crippen LogP contribution in [-0.2, 0) is 4.79 Å². The summed E-state index contributed by atoms with van der Waals surface area (Å²) in [4.78, 5) is 13.1. The molecular formula is C9H17N3OS. The van der Waals surface area contributed by atoms with Gasteiger partial charge in [-0.1, -0.05) is 0 Å². The summed E-state index contributed by atoms with van der Waals surface area (Å²) in [5.41, 5.74) is 5.69. The van der Waals surface area contributed by atoms with E-state index in [9.17, 15) is 4.79 Å². The Morgan fingerprint density at radius 1 is 1.71 bits per heavy atom. The molecule has 0 radical (unpaired) electrons. The highest BCUT2D eigenvalue weighted by Crippen LogP contribution is 2.01. The summed E-state index contributed by atoms with van der Waals surface area (Å²) >= 11 is 1.67. The molecule has 0 aromatic heterocycles.